The molecule has 0 saturated heterocycles. The van der Waals surface area contributed by atoms with Crippen molar-refractivity contribution in [3.05, 3.63) is 83.9 Å². The number of fused-ring (bicyclic) bond motifs is 1. The van der Waals surface area contributed by atoms with Gasteiger partial charge in [0.1, 0.15) is 5.84 Å². The molecule has 1 heterocycles. The fraction of sp³-hybridized carbons (Fsp3) is 0.192. The summed E-state index contributed by atoms with van der Waals surface area (Å²) in [6.45, 7) is 2.05. The van der Waals surface area contributed by atoms with E-state index >= 15 is 0 Å². The number of aliphatic imine (C=N–C) groups is 2. The molecule has 0 saturated carbocycles. The van der Waals surface area contributed by atoms with Crippen LogP contribution in [-0.2, 0) is 0 Å². The number of carbonyl (C=O) groups is 1. The largest absolute Gasteiger partial charge is 0.493 e. The van der Waals surface area contributed by atoms with Crippen LogP contribution in [0.2, 0.25) is 0 Å². The molecular weight excluding hydrogens is 402 g/mol. The third-order valence-corrected chi connectivity index (χ3v) is 5.37. The maximum atomic E-state index is 13.1. The van der Waals surface area contributed by atoms with E-state index in [4.69, 9.17) is 19.5 Å². The Morgan fingerprint density at radius 3 is 2.19 bits per heavy atom. The summed E-state index contributed by atoms with van der Waals surface area (Å²) in [6.07, 6.45) is 0.688. The minimum absolute atomic E-state index is 0.218. The number of rotatable bonds is 5. The molecule has 0 bridgehead atoms. The van der Waals surface area contributed by atoms with Crippen molar-refractivity contribution in [2.24, 2.45) is 9.98 Å². The first-order valence-electron chi connectivity index (χ1n) is 10.5. The Bertz CT molecular complexity index is 1190. The number of amides is 1. The van der Waals surface area contributed by atoms with Crippen molar-refractivity contribution in [3.8, 4) is 11.5 Å². The van der Waals surface area contributed by atoms with Crippen LogP contribution in [0.1, 0.15) is 35.2 Å². The van der Waals surface area contributed by atoms with Gasteiger partial charge in [0.25, 0.3) is 5.91 Å². The van der Waals surface area contributed by atoms with E-state index in [2.05, 4.69) is 12.2 Å². The molecule has 0 fully saturated rings. The Hall–Kier alpha value is -3.93. The van der Waals surface area contributed by atoms with Crippen LogP contribution in [0.5, 0.6) is 11.5 Å². The number of hydrogen-bond donors (Lipinski definition) is 1. The Morgan fingerprint density at radius 1 is 0.875 bits per heavy atom. The molecule has 1 amide bonds. The van der Waals surface area contributed by atoms with Gasteiger partial charge in [0, 0.05) is 11.3 Å². The van der Waals surface area contributed by atoms with E-state index in [9.17, 15) is 4.79 Å². The van der Waals surface area contributed by atoms with Gasteiger partial charge in [-0.1, -0.05) is 43.3 Å². The average Bonchev–Trinajstić information content (AvgIpc) is 3.00. The number of ether oxygens (including phenoxy) is 2. The van der Waals surface area contributed by atoms with Crippen LogP contribution in [0.4, 0.5) is 11.4 Å². The Labute approximate surface area is 187 Å². The van der Waals surface area contributed by atoms with Crippen molar-refractivity contribution in [2.45, 2.75) is 19.3 Å². The molecule has 3 aromatic carbocycles. The molecule has 6 nitrogen and oxygen atoms in total. The molecule has 3 aromatic rings. The first kappa shape index (κ1) is 21.3. The Balaban J connectivity index is 1.85. The van der Waals surface area contributed by atoms with Crippen molar-refractivity contribution >= 4 is 28.8 Å². The van der Waals surface area contributed by atoms with Gasteiger partial charge in [-0.3, -0.25) is 9.79 Å². The minimum atomic E-state index is -0.347. The predicted octanol–water partition coefficient (Wildman–Crippen LogP) is 5.44. The predicted molar refractivity (Wildman–Crippen MR) is 127 cm³/mol. The smallest absolute Gasteiger partial charge is 0.256 e. The van der Waals surface area contributed by atoms with E-state index in [1.165, 1.54) is 0 Å². The maximum Gasteiger partial charge on any atom is 0.256 e. The second-order valence-corrected chi connectivity index (χ2v) is 7.31. The summed E-state index contributed by atoms with van der Waals surface area (Å²) in [4.78, 5) is 22.8. The molecular formula is C26H25N3O3. The molecule has 0 radical (unpaired) electrons. The normalized spacial score (nSPS) is 15.0. The fourth-order valence-electron chi connectivity index (χ4n) is 3.77. The van der Waals surface area contributed by atoms with Crippen LogP contribution in [0.25, 0.3) is 0 Å². The van der Waals surface area contributed by atoms with Gasteiger partial charge in [0.15, 0.2) is 11.5 Å². The zero-order valence-electron chi connectivity index (χ0n) is 18.3. The van der Waals surface area contributed by atoms with Gasteiger partial charge in [0.2, 0.25) is 0 Å². The van der Waals surface area contributed by atoms with Crippen LogP contribution >= 0.6 is 0 Å². The summed E-state index contributed by atoms with van der Waals surface area (Å²) >= 11 is 0. The van der Waals surface area contributed by atoms with Crippen LogP contribution in [0.3, 0.4) is 0 Å². The third kappa shape index (κ3) is 4.25. The second-order valence-electron chi connectivity index (χ2n) is 7.31. The molecule has 32 heavy (non-hydrogen) atoms. The van der Waals surface area contributed by atoms with Crippen LogP contribution < -0.4 is 14.8 Å². The number of nitrogens with one attached hydrogen (secondary N) is 1. The van der Waals surface area contributed by atoms with Crippen molar-refractivity contribution < 1.29 is 14.3 Å². The highest BCUT2D eigenvalue weighted by Gasteiger charge is 2.29. The molecule has 4 rings (SSSR count). The number of para-hydroxylation sites is 2. The van der Waals surface area contributed by atoms with E-state index in [0.29, 0.717) is 35.0 Å². The van der Waals surface area contributed by atoms with Crippen LogP contribution in [-0.4, -0.2) is 31.7 Å². The lowest BCUT2D eigenvalue weighted by molar-refractivity contribution is 0.0976. The van der Waals surface area contributed by atoms with Gasteiger partial charge in [0.05, 0.1) is 31.5 Å². The maximum absolute atomic E-state index is 13.1. The molecule has 1 aliphatic heterocycles. The highest BCUT2D eigenvalue weighted by molar-refractivity contribution is 6.19. The summed E-state index contributed by atoms with van der Waals surface area (Å²) in [7, 11) is 3.21. The van der Waals surface area contributed by atoms with Crippen molar-refractivity contribution in [2.75, 3.05) is 14.2 Å². The lowest BCUT2D eigenvalue weighted by Gasteiger charge is -2.22. The highest BCUT2D eigenvalue weighted by Crippen LogP contribution is 2.37. The second kappa shape index (κ2) is 9.47. The lowest BCUT2D eigenvalue weighted by atomic mass is 9.90. The molecule has 0 aromatic heterocycles. The van der Waals surface area contributed by atoms with E-state index in [1.807, 2.05) is 60.7 Å². The van der Waals surface area contributed by atoms with E-state index in [1.54, 1.807) is 26.4 Å². The van der Waals surface area contributed by atoms with Crippen molar-refractivity contribution in [1.29, 1.82) is 0 Å². The number of hydrogen-bond acceptors (Lipinski definition) is 5. The summed E-state index contributed by atoms with van der Waals surface area (Å²) < 4.78 is 10.9. The Kier molecular flexibility index (Phi) is 6.31. The van der Waals surface area contributed by atoms with E-state index in [-0.39, 0.29) is 11.8 Å². The average molecular weight is 428 g/mol. The monoisotopic (exact) mass is 427 g/mol. The van der Waals surface area contributed by atoms with Gasteiger partial charge >= 0.3 is 0 Å². The summed E-state index contributed by atoms with van der Waals surface area (Å²) in [5.41, 5.74) is 3.86. The van der Waals surface area contributed by atoms with Gasteiger partial charge in [-0.05, 0) is 48.4 Å². The topological polar surface area (TPSA) is 72.3 Å². The zero-order chi connectivity index (χ0) is 22.5. The third-order valence-electron chi connectivity index (χ3n) is 5.37. The van der Waals surface area contributed by atoms with Crippen LogP contribution in [0, 0.1) is 0 Å². The molecule has 1 atom stereocenters. The van der Waals surface area contributed by atoms with Gasteiger partial charge in [-0.2, -0.15) is 0 Å². The first-order chi connectivity index (χ1) is 15.6. The summed E-state index contributed by atoms with van der Waals surface area (Å²) in [5.74, 6) is 1.20. The summed E-state index contributed by atoms with van der Waals surface area (Å²) in [6, 6.07) is 22.5. The first-order valence-corrected chi connectivity index (χ1v) is 10.5. The summed E-state index contributed by atoms with van der Waals surface area (Å²) in [5, 5.41) is 3.05. The molecule has 1 unspecified atom stereocenters. The van der Waals surface area contributed by atoms with Crippen molar-refractivity contribution in [3.63, 3.8) is 0 Å². The Morgan fingerprint density at radius 2 is 1.53 bits per heavy atom. The number of amidine groups is 1. The van der Waals surface area contributed by atoms with Gasteiger partial charge in [-0.15, -0.1) is 0 Å². The van der Waals surface area contributed by atoms with Gasteiger partial charge in [-0.25, -0.2) is 4.99 Å². The quantitative estimate of drug-likeness (QED) is 0.589. The number of nitrogens with zero attached hydrogens (tertiary/aromatic N) is 2. The van der Waals surface area contributed by atoms with Crippen LogP contribution in [0.15, 0.2) is 82.8 Å². The number of benzene rings is 3. The molecule has 0 aliphatic carbocycles. The van der Waals surface area contributed by atoms with Crippen molar-refractivity contribution in [1.82, 2.24) is 5.32 Å². The standard InChI is InChI=1S/C26H25N3O3/c1-4-19-24(18-14-15-22(31-2)23(16-18)32-3)25(28-21-13-9-8-12-20(21)27-19)29-26(30)17-10-6-5-7-11-17/h5-16,24H,4H2,1-3H3,(H,28,29,30). The minimum Gasteiger partial charge on any atom is -0.493 e. The molecule has 1 aliphatic rings. The molecule has 0 spiro atoms. The molecule has 1 N–H and O–H groups in total. The van der Waals surface area contributed by atoms with E-state index < -0.39 is 0 Å². The fourth-order valence-corrected chi connectivity index (χ4v) is 3.77. The zero-order valence-corrected chi connectivity index (χ0v) is 18.3. The van der Waals surface area contributed by atoms with E-state index in [0.717, 1.165) is 17.0 Å². The SMILES string of the molecule is CCC1=Nc2ccccc2N=C(NC(=O)c2ccccc2)C1c1ccc(OC)c(OC)c1. The van der Waals surface area contributed by atoms with Gasteiger partial charge < -0.3 is 14.8 Å². The molecule has 6 heteroatoms. The number of methoxy groups -OCH3 is 2. The molecule has 162 valence electrons. The lowest BCUT2D eigenvalue weighted by Crippen LogP contribution is -2.37. The number of carbonyl (C=O) groups excluding carboxylic acids is 1. The highest BCUT2D eigenvalue weighted by atomic mass is 16.5.